The highest BCUT2D eigenvalue weighted by Crippen LogP contribution is 2.57. The van der Waals surface area contributed by atoms with Crippen LogP contribution in [-0.2, 0) is 37.3 Å². The Balaban J connectivity index is 0.000000134. The number of hydrogen-bond acceptors (Lipinski definition) is 13. The van der Waals surface area contributed by atoms with E-state index in [0.29, 0.717) is 11.1 Å². The van der Waals surface area contributed by atoms with Crippen molar-refractivity contribution < 1.29 is 71.2 Å². The zero-order chi connectivity index (χ0) is 87.4. The van der Waals surface area contributed by atoms with Gasteiger partial charge < -0.3 is 66.4 Å². The molecule has 0 aliphatic heterocycles. The molecule has 14 nitrogen and oxygen atoms in total. The Bertz CT molecular complexity index is 5860. The van der Waals surface area contributed by atoms with Crippen molar-refractivity contribution in [2.45, 2.75) is 74.0 Å². The number of phenolic OH excluding ortho intramolecular Hbond substituents is 12. The lowest BCUT2D eigenvalue weighted by Crippen LogP contribution is -2.33. The van der Waals surface area contributed by atoms with Gasteiger partial charge in [0.2, 0.25) is 0 Å². The number of hydrogen-bond donors (Lipinski definition) is 13. The van der Waals surface area contributed by atoms with E-state index in [-0.39, 0.29) is 79.8 Å². The number of fused-ring (bicyclic) bond motifs is 3. The first kappa shape index (κ1) is 85.5. The molecule has 0 aromatic heterocycles. The lowest BCUT2D eigenvalue weighted by atomic mass is 9.68. The van der Waals surface area contributed by atoms with Crippen LogP contribution in [0.3, 0.4) is 0 Å². The fraction of sp³-hybridized carbons (Fsp3) is 0.110. The molecule has 17 rings (SSSR count). The van der Waals surface area contributed by atoms with Gasteiger partial charge in [0.15, 0.2) is 0 Å². The van der Waals surface area contributed by atoms with Gasteiger partial charge in [-0.3, -0.25) is 4.79 Å². The lowest BCUT2D eigenvalue weighted by Gasteiger charge is -2.33. The molecule has 0 saturated heterocycles. The van der Waals surface area contributed by atoms with E-state index in [1.54, 1.807) is 153 Å². The number of aromatic hydroxyl groups is 12. The Kier molecular flexibility index (Phi) is 25.0. The Labute approximate surface area is 716 Å². The molecule has 16 aromatic carbocycles. The SMILES string of the molecule is CC(C(=O)O)(c1ccc(O)cc1)c1ccc(O)cc1.CC(C)(c1ccc(O)cc1)c1ccc(C(C)(c2ccc(O)cc2)c2ccc(O)cc2)cc1.CC(c1ccc(O)cc1)(c1ccc(O)cc1)c1ccc(O)cc1.CC(c1ccccc1)(c1ccc(O)cc1)c1ccc(O)cc1.Oc1ccc(C2(c3ccc(O)cc3)c3ccccc3-c3ccccc32)cc1. The van der Waals surface area contributed by atoms with Crippen LogP contribution in [0.2, 0.25) is 0 Å². The molecule has 0 spiro atoms. The zero-order valence-corrected chi connectivity index (χ0v) is 68.7. The van der Waals surface area contributed by atoms with Crippen molar-refractivity contribution in [1.29, 1.82) is 0 Å². The molecular formula is C109H96O14. The highest BCUT2D eigenvalue weighted by Gasteiger charge is 2.46. The number of carboxylic acid groups (broad SMARTS) is 1. The molecule has 0 saturated carbocycles. The molecule has 0 fully saturated rings. The molecule has 0 atom stereocenters. The maximum Gasteiger partial charge on any atom is 0.318 e. The van der Waals surface area contributed by atoms with E-state index in [1.165, 1.54) is 52.1 Å². The Morgan fingerprint density at radius 2 is 0.358 bits per heavy atom. The normalized spacial score (nSPS) is 12.0. The van der Waals surface area contributed by atoms with E-state index in [4.69, 9.17) is 0 Å². The largest absolute Gasteiger partial charge is 0.508 e. The van der Waals surface area contributed by atoms with Gasteiger partial charge in [-0.15, -0.1) is 0 Å². The highest BCUT2D eigenvalue weighted by molar-refractivity contribution is 5.87. The van der Waals surface area contributed by atoms with Gasteiger partial charge in [-0.1, -0.05) is 263 Å². The summed E-state index contributed by atoms with van der Waals surface area (Å²) in [5, 5.41) is 125. The second-order valence-corrected chi connectivity index (χ2v) is 31.8. The van der Waals surface area contributed by atoms with E-state index in [1.807, 2.05) is 140 Å². The lowest BCUT2D eigenvalue weighted by molar-refractivity contribution is -0.141. The third-order valence-corrected chi connectivity index (χ3v) is 24.1. The average molecular weight is 1630 g/mol. The maximum absolute atomic E-state index is 11.7. The molecule has 13 N–H and O–H groups in total. The number of benzene rings is 16. The van der Waals surface area contributed by atoms with Crippen molar-refractivity contribution in [3.63, 3.8) is 0 Å². The van der Waals surface area contributed by atoms with E-state index < -0.39 is 27.6 Å². The smallest absolute Gasteiger partial charge is 0.318 e. The Morgan fingerprint density at radius 1 is 0.195 bits per heavy atom. The minimum Gasteiger partial charge on any atom is -0.508 e. The minimum atomic E-state index is -1.23. The van der Waals surface area contributed by atoms with Crippen molar-refractivity contribution in [3.05, 3.63) is 489 Å². The van der Waals surface area contributed by atoms with Crippen LogP contribution in [0.4, 0.5) is 0 Å². The molecule has 0 amide bonds. The first-order valence-corrected chi connectivity index (χ1v) is 40.1. The predicted octanol–water partition coefficient (Wildman–Crippen LogP) is 23.0. The molecule has 0 bridgehead atoms. The standard InChI is InChI=1S/C29H28O3.C25H18O2.C20H18O3.C20H18O2.C15H14O4/c1-28(2,21-8-14-25(30)15-9-21)20-4-6-22(7-5-20)29(3,23-10-16-26(31)17-11-23)24-12-18-27(32)19-13-24;26-19-13-9-17(10-14-19)25(18-11-15-20(27)16-12-18)23-7-3-1-5-21(23)22-6-2-4-8-24(22)25;1-20(14-2-8-17(21)9-3-14,15-4-10-18(22)11-5-15)16-6-12-19(23)13-7-16;1-20(15-5-3-2-4-6-15,16-7-11-18(21)12-8-16)17-9-13-19(22)14-10-17;1-15(14(18)19,10-2-6-12(16)7-3-10)11-4-8-13(17)9-5-11/h4-19,30-32H,1-3H3;1-16,26-27H;2-13,21-23H,1H3;2-14,21-22H,1H3;2-9,16-17H,1H3,(H,18,19). The van der Waals surface area contributed by atoms with E-state index >= 15 is 0 Å². The fourth-order valence-corrected chi connectivity index (χ4v) is 16.5. The van der Waals surface area contributed by atoms with Crippen LogP contribution in [0.5, 0.6) is 69.0 Å². The van der Waals surface area contributed by atoms with Crippen LogP contribution in [0.25, 0.3) is 11.1 Å². The van der Waals surface area contributed by atoms with E-state index in [0.717, 1.165) is 66.8 Å². The molecule has 0 heterocycles. The Morgan fingerprint density at radius 3 is 0.577 bits per heavy atom. The third-order valence-electron chi connectivity index (χ3n) is 24.1. The van der Waals surface area contributed by atoms with E-state index in [9.17, 15) is 71.2 Å². The number of carboxylic acids is 1. The molecular weight excluding hydrogens is 1530 g/mol. The first-order chi connectivity index (χ1) is 59.0. The van der Waals surface area contributed by atoms with Crippen LogP contribution in [-0.4, -0.2) is 72.4 Å². The second-order valence-electron chi connectivity index (χ2n) is 31.8. The molecule has 0 radical (unpaired) electrons. The van der Waals surface area contributed by atoms with Gasteiger partial charge in [-0.05, 0) is 279 Å². The fourth-order valence-electron chi connectivity index (χ4n) is 16.5. The Hall–Kier alpha value is -15.4. The van der Waals surface area contributed by atoms with Crippen LogP contribution < -0.4 is 0 Å². The summed E-state index contributed by atoms with van der Waals surface area (Å²) in [5.41, 5.74) is 16.7. The number of rotatable bonds is 16. The highest BCUT2D eigenvalue weighted by atomic mass is 16.4. The topological polar surface area (TPSA) is 280 Å². The summed E-state index contributed by atoms with van der Waals surface area (Å²) in [7, 11) is 0. The van der Waals surface area contributed by atoms with Gasteiger partial charge >= 0.3 is 5.97 Å². The third kappa shape index (κ3) is 17.7. The van der Waals surface area contributed by atoms with Crippen molar-refractivity contribution in [2.75, 3.05) is 0 Å². The van der Waals surface area contributed by atoms with Gasteiger partial charge in [0.25, 0.3) is 0 Å². The van der Waals surface area contributed by atoms with Gasteiger partial charge in [-0.2, -0.15) is 0 Å². The van der Waals surface area contributed by atoms with Gasteiger partial charge in [0.1, 0.15) is 74.4 Å². The summed E-state index contributed by atoms with van der Waals surface area (Å²) < 4.78 is 0. The van der Waals surface area contributed by atoms with E-state index in [2.05, 4.69) is 120 Å². The summed E-state index contributed by atoms with van der Waals surface area (Å²) in [4.78, 5) is 11.7. The van der Waals surface area contributed by atoms with Crippen molar-refractivity contribution in [1.82, 2.24) is 0 Å². The van der Waals surface area contributed by atoms with Gasteiger partial charge in [0.05, 0.1) is 5.41 Å². The quantitative estimate of drug-likeness (QED) is 0.0401. The molecule has 123 heavy (non-hydrogen) atoms. The van der Waals surface area contributed by atoms with Crippen molar-refractivity contribution in [2.24, 2.45) is 0 Å². The second kappa shape index (κ2) is 36.0. The van der Waals surface area contributed by atoms with Gasteiger partial charge in [-0.25, -0.2) is 0 Å². The van der Waals surface area contributed by atoms with Crippen molar-refractivity contribution >= 4 is 5.97 Å². The monoisotopic (exact) mass is 1630 g/mol. The minimum absolute atomic E-state index is 0.0854. The summed E-state index contributed by atoms with van der Waals surface area (Å²) in [5.74, 6) is 1.55. The average Bonchev–Trinajstić information content (AvgIpc) is 1.54. The predicted molar refractivity (Wildman–Crippen MR) is 484 cm³/mol. The summed E-state index contributed by atoms with van der Waals surface area (Å²) >= 11 is 0. The molecule has 616 valence electrons. The number of aliphatic carboxylic acids is 1. The molecule has 0 unspecified atom stereocenters. The summed E-state index contributed by atoms with van der Waals surface area (Å²) in [6.07, 6.45) is 0. The zero-order valence-electron chi connectivity index (χ0n) is 68.7. The molecule has 14 heteroatoms. The summed E-state index contributed by atoms with van der Waals surface area (Å²) in [6.45, 7) is 12.3. The van der Waals surface area contributed by atoms with Crippen LogP contribution >= 0.6 is 0 Å². The van der Waals surface area contributed by atoms with Crippen LogP contribution in [0, 0.1) is 0 Å². The number of phenols is 12. The van der Waals surface area contributed by atoms with Crippen LogP contribution in [0.1, 0.15) is 136 Å². The maximum atomic E-state index is 11.7. The molecule has 1 aliphatic rings. The summed E-state index contributed by atoms with van der Waals surface area (Å²) in [6, 6.07) is 121. The van der Waals surface area contributed by atoms with Gasteiger partial charge in [0, 0.05) is 21.7 Å². The molecule has 1 aliphatic carbocycles. The van der Waals surface area contributed by atoms with Crippen molar-refractivity contribution in [3.8, 4) is 80.1 Å². The van der Waals surface area contributed by atoms with Crippen LogP contribution in [0.15, 0.2) is 394 Å². The number of carbonyl (C=O) groups is 1. The first-order valence-electron chi connectivity index (χ1n) is 40.1. The molecule has 16 aromatic rings.